The lowest BCUT2D eigenvalue weighted by Crippen LogP contribution is -2.33. The molecule has 11 heavy (non-hydrogen) atoms. The third-order valence-corrected chi connectivity index (χ3v) is 1.97. The van der Waals surface area contributed by atoms with Crippen molar-refractivity contribution in [2.45, 2.75) is 26.1 Å². The minimum absolute atomic E-state index is 0.596. The number of aliphatic hydroxyl groups excluding tert-OH is 1. The molecule has 2 N–H and O–H groups in total. The number of rotatable bonds is 3. The molecule has 2 atom stereocenters. The zero-order chi connectivity index (χ0) is 8.10. The van der Waals surface area contributed by atoms with Gasteiger partial charge in [0.1, 0.15) is 0 Å². The van der Waals surface area contributed by atoms with Crippen LogP contribution in [0.2, 0.25) is 0 Å². The Hall–Kier alpha value is -0.120. The zero-order valence-corrected chi connectivity index (χ0v) is 7.05. The van der Waals surface area contributed by atoms with Gasteiger partial charge in [0.25, 0.3) is 0 Å². The Bertz CT molecular complexity index is 100. The van der Waals surface area contributed by atoms with E-state index in [4.69, 9.17) is 9.84 Å². The quantitative estimate of drug-likeness (QED) is 0.583. The first-order valence-corrected chi connectivity index (χ1v) is 4.29. The Morgan fingerprint density at radius 2 is 2.55 bits per heavy atom. The SMILES string of the molecule is CC(O)OCC1CCCNC1. The van der Waals surface area contributed by atoms with Crippen LogP contribution in [0.15, 0.2) is 0 Å². The summed E-state index contributed by atoms with van der Waals surface area (Å²) in [5.41, 5.74) is 0. The average molecular weight is 159 g/mol. The maximum Gasteiger partial charge on any atom is 0.151 e. The van der Waals surface area contributed by atoms with Crippen molar-refractivity contribution in [1.29, 1.82) is 0 Å². The lowest BCUT2D eigenvalue weighted by atomic mass is 10.0. The number of hydrogen-bond acceptors (Lipinski definition) is 3. The highest BCUT2D eigenvalue weighted by Crippen LogP contribution is 2.10. The van der Waals surface area contributed by atoms with Gasteiger partial charge in [-0.1, -0.05) is 0 Å². The number of aliphatic hydroxyl groups is 1. The monoisotopic (exact) mass is 159 g/mol. The van der Waals surface area contributed by atoms with Gasteiger partial charge in [0.2, 0.25) is 0 Å². The zero-order valence-electron chi connectivity index (χ0n) is 7.05. The smallest absolute Gasteiger partial charge is 0.151 e. The van der Waals surface area contributed by atoms with Gasteiger partial charge in [-0.3, -0.25) is 0 Å². The Morgan fingerprint density at radius 3 is 3.09 bits per heavy atom. The van der Waals surface area contributed by atoms with Crippen molar-refractivity contribution >= 4 is 0 Å². The average Bonchev–Trinajstić information content (AvgIpc) is 2.03. The van der Waals surface area contributed by atoms with Crippen LogP contribution >= 0.6 is 0 Å². The summed E-state index contributed by atoms with van der Waals surface area (Å²) in [6, 6.07) is 0. The van der Waals surface area contributed by atoms with E-state index in [0.29, 0.717) is 12.5 Å². The molecule has 0 saturated carbocycles. The predicted octanol–water partition coefficient (Wildman–Crippen LogP) is 0.341. The topological polar surface area (TPSA) is 41.5 Å². The first kappa shape index (κ1) is 8.97. The molecule has 0 bridgehead atoms. The van der Waals surface area contributed by atoms with E-state index in [-0.39, 0.29) is 0 Å². The van der Waals surface area contributed by atoms with Gasteiger partial charge in [0.15, 0.2) is 6.29 Å². The van der Waals surface area contributed by atoms with Crippen LogP contribution in [-0.4, -0.2) is 31.1 Å². The van der Waals surface area contributed by atoms with Crippen molar-refractivity contribution in [2.24, 2.45) is 5.92 Å². The van der Waals surface area contributed by atoms with Crippen LogP contribution in [-0.2, 0) is 4.74 Å². The number of piperidine rings is 1. The largest absolute Gasteiger partial charge is 0.368 e. The van der Waals surface area contributed by atoms with Crippen molar-refractivity contribution in [3.63, 3.8) is 0 Å². The van der Waals surface area contributed by atoms with E-state index in [1.807, 2.05) is 0 Å². The lowest BCUT2D eigenvalue weighted by molar-refractivity contribution is -0.0976. The Balaban J connectivity index is 2.05. The third-order valence-electron chi connectivity index (χ3n) is 1.97. The molecule has 0 aromatic carbocycles. The molecule has 1 aliphatic heterocycles. The minimum Gasteiger partial charge on any atom is -0.368 e. The van der Waals surface area contributed by atoms with Crippen molar-refractivity contribution in [3.05, 3.63) is 0 Å². The number of hydrogen-bond donors (Lipinski definition) is 2. The van der Waals surface area contributed by atoms with Crippen molar-refractivity contribution in [1.82, 2.24) is 5.32 Å². The molecule has 0 spiro atoms. The Labute approximate surface area is 67.7 Å². The van der Waals surface area contributed by atoms with Crippen molar-refractivity contribution in [2.75, 3.05) is 19.7 Å². The summed E-state index contributed by atoms with van der Waals surface area (Å²) in [5.74, 6) is 0.596. The molecule has 0 aromatic rings. The number of ether oxygens (including phenoxy) is 1. The van der Waals surface area contributed by atoms with Gasteiger partial charge in [0.05, 0.1) is 6.61 Å². The van der Waals surface area contributed by atoms with Crippen molar-refractivity contribution < 1.29 is 9.84 Å². The predicted molar refractivity (Wildman–Crippen MR) is 43.2 cm³/mol. The van der Waals surface area contributed by atoms with Crippen molar-refractivity contribution in [3.8, 4) is 0 Å². The standard InChI is InChI=1S/C8H17NO2/c1-7(10)11-6-8-3-2-4-9-5-8/h7-10H,2-6H2,1H3. The minimum atomic E-state index is -0.614. The van der Waals surface area contributed by atoms with Gasteiger partial charge in [-0.05, 0) is 32.2 Å². The maximum absolute atomic E-state index is 8.84. The lowest BCUT2D eigenvalue weighted by Gasteiger charge is -2.22. The molecule has 0 radical (unpaired) electrons. The fourth-order valence-electron chi connectivity index (χ4n) is 1.34. The van der Waals surface area contributed by atoms with Crippen LogP contribution in [0, 0.1) is 5.92 Å². The molecule has 0 aromatic heterocycles. The van der Waals surface area contributed by atoms with E-state index < -0.39 is 6.29 Å². The molecule has 1 saturated heterocycles. The van der Waals surface area contributed by atoms with Gasteiger partial charge in [0, 0.05) is 6.54 Å². The molecular formula is C8H17NO2. The second-order valence-corrected chi connectivity index (χ2v) is 3.15. The fraction of sp³-hybridized carbons (Fsp3) is 1.00. The summed E-state index contributed by atoms with van der Waals surface area (Å²) in [4.78, 5) is 0. The molecule has 0 amide bonds. The summed E-state index contributed by atoms with van der Waals surface area (Å²) in [6.45, 7) is 4.50. The summed E-state index contributed by atoms with van der Waals surface area (Å²) >= 11 is 0. The molecule has 3 nitrogen and oxygen atoms in total. The molecule has 66 valence electrons. The van der Waals surface area contributed by atoms with Crippen LogP contribution in [0.5, 0.6) is 0 Å². The fourth-order valence-corrected chi connectivity index (χ4v) is 1.34. The molecule has 1 rings (SSSR count). The number of nitrogens with one attached hydrogen (secondary N) is 1. The summed E-state index contributed by atoms with van der Waals surface area (Å²) in [6.07, 6.45) is 1.84. The van der Waals surface area contributed by atoms with Crippen LogP contribution in [0.1, 0.15) is 19.8 Å². The van der Waals surface area contributed by atoms with Crippen LogP contribution in [0.3, 0.4) is 0 Å². The van der Waals surface area contributed by atoms with E-state index in [0.717, 1.165) is 13.1 Å². The second kappa shape index (κ2) is 4.70. The highest BCUT2D eigenvalue weighted by Gasteiger charge is 2.13. The summed E-state index contributed by atoms with van der Waals surface area (Å²) in [5, 5.41) is 12.1. The molecule has 2 unspecified atom stereocenters. The molecular weight excluding hydrogens is 142 g/mol. The van der Waals surface area contributed by atoms with E-state index in [9.17, 15) is 0 Å². The highest BCUT2D eigenvalue weighted by molar-refractivity contribution is 4.67. The highest BCUT2D eigenvalue weighted by atomic mass is 16.6. The first-order valence-electron chi connectivity index (χ1n) is 4.29. The van der Waals surface area contributed by atoms with Gasteiger partial charge < -0.3 is 15.2 Å². The molecule has 3 heteroatoms. The van der Waals surface area contributed by atoms with E-state index in [2.05, 4.69) is 5.32 Å². The van der Waals surface area contributed by atoms with E-state index in [1.165, 1.54) is 12.8 Å². The summed E-state index contributed by atoms with van der Waals surface area (Å²) in [7, 11) is 0. The van der Waals surface area contributed by atoms with Gasteiger partial charge in [-0.2, -0.15) is 0 Å². The van der Waals surface area contributed by atoms with E-state index >= 15 is 0 Å². The maximum atomic E-state index is 8.84. The molecule has 1 aliphatic rings. The van der Waals surface area contributed by atoms with Crippen LogP contribution in [0.25, 0.3) is 0 Å². The van der Waals surface area contributed by atoms with Gasteiger partial charge in [-0.25, -0.2) is 0 Å². The molecule has 1 heterocycles. The first-order chi connectivity index (χ1) is 5.29. The second-order valence-electron chi connectivity index (χ2n) is 3.15. The Morgan fingerprint density at radius 1 is 1.73 bits per heavy atom. The Kier molecular flexibility index (Phi) is 3.83. The van der Waals surface area contributed by atoms with Gasteiger partial charge in [-0.15, -0.1) is 0 Å². The molecule has 1 fully saturated rings. The van der Waals surface area contributed by atoms with E-state index in [1.54, 1.807) is 6.92 Å². The third kappa shape index (κ3) is 3.70. The summed E-state index contributed by atoms with van der Waals surface area (Å²) < 4.78 is 5.10. The molecule has 0 aliphatic carbocycles. The van der Waals surface area contributed by atoms with Crippen LogP contribution in [0.4, 0.5) is 0 Å². The normalized spacial score (nSPS) is 28.4. The van der Waals surface area contributed by atoms with Crippen LogP contribution < -0.4 is 5.32 Å². The van der Waals surface area contributed by atoms with Gasteiger partial charge >= 0.3 is 0 Å².